The summed E-state index contributed by atoms with van der Waals surface area (Å²) in [4.78, 5) is 16.6. The Bertz CT molecular complexity index is 1290. The fraction of sp³-hybridized carbons (Fsp3) is 0.174. The molecule has 2 atom stereocenters. The third-order valence-electron chi connectivity index (χ3n) is 5.56. The lowest BCUT2D eigenvalue weighted by molar-refractivity contribution is -0.117. The van der Waals surface area contributed by atoms with Crippen LogP contribution in [0.1, 0.15) is 12.0 Å². The normalized spacial score (nSPS) is 18.9. The molecule has 1 aliphatic heterocycles. The molecule has 148 valence electrons. The van der Waals surface area contributed by atoms with Gasteiger partial charge in [-0.1, -0.05) is 0 Å². The van der Waals surface area contributed by atoms with Crippen LogP contribution < -0.4 is 21.1 Å². The first-order valence-electron chi connectivity index (χ1n) is 9.61. The molecule has 0 spiro atoms. The van der Waals surface area contributed by atoms with Crippen molar-refractivity contribution in [2.75, 3.05) is 16.4 Å². The van der Waals surface area contributed by atoms with Gasteiger partial charge in [-0.25, -0.2) is 4.98 Å². The Morgan fingerprint density at radius 3 is 2.97 bits per heavy atom. The van der Waals surface area contributed by atoms with Crippen molar-refractivity contribution in [1.29, 1.82) is 5.26 Å². The summed E-state index contributed by atoms with van der Waals surface area (Å²) in [5, 5.41) is 16.5. The predicted molar refractivity (Wildman–Crippen MR) is 116 cm³/mol. The number of carbonyl (C=O) groups is 1. The van der Waals surface area contributed by atoms with Crippen LogP contribution in [0.4, 0.5) is 17.2 Å². The van der Waals surface area contributed by atoms with Gasteiger partial charge in [0.2, 0.25) is 5.91 Å². The van der Waals surface area contributed by atoms with Gasteiger partial charge in [-0.05, 0) is 72.3 Å². The quantitative estimate of drug-likeness (QED) is 0.572. The lowest BCUT2D eigenvalue weighted by atomic mass is 9.96. The second-order valence-electron chi connectivity index (χ2n) is 7.74. The lowest BCUT2D eigenvalue weighted by Crippen LogP contribution is -2.15. The molecule has 3 aromatic rings. The van der Waals surface area contributed by atoms with E-state index in [0.29, 0.717) is 23.8 Å². The Morgan fingerprint density at radius 1 is 1.37 bits per heavy atom. The van der Waals surface area contributed by atoms with Crippen LogP contribution in [-0.4, -0.2) is 10.9 Å². The molecule has 4 N–H and O–H groups in total. The molecule has 1 aliphatic carbocycles. The summed E-state index contributed by atoms with van der Waals surface area (Å²) < 4.78 is 5.63. The molecule has 7 heteroatoms. The van der Waals surface area contributed by atoms with Crippen LogP contribution >= 0.6 is 0 Å². The summed E-state index contributed by atoms with van der Waals surface area (Å²) in [5.41, 5.74) is 10.8. The summed E-state index contributed by atoms with van der Waals surface area (Å²) in [7, 11) is 0. The zero-order valence-electron chi connectivity index (χ0n) is 16.3. The van der Waals surface area contributed by atoms with Gasteiger partial charge in [0.1, 0.15) is 5.82 Å². The summed E-state index contributed by atoms with van der Waals surface area (Å²) in [6.07, 6.45) is 2.26. The minimum atomic E-state index is -0.249. The number of nitrogens with two attached hydrogens (primary N) is 1. The van der Waals surface area contributed by atoms with Crippen LogP contribution in [0.15, 0.2) is 49.0 Å². The molecule has 0 bridgehead atoms. The fourth-order valence-corrected chi connectivity index (χ4v) is 3.85. The van der Waals surface area contributed by atoms with E-state index in [-0.39, 0.29) is 17.7 Å². The standard InChI is InChI=1S/C23H19N5O2/c1-11-3-20-21(30-12(2)27-20)8-16(11)13-4-14-7-22(26-10-18(14)19(25)6-13)28-23(29)17-5-15(17)9-24/h3-4,6-8,10,15,17,27H,2,5,25H2,1H3,(H,26,28,29)/t15-,17+/m0/s1. The number of hydrogen-bond donors (Lipinski definition) is 3. The van der Waals surface area contributed by atoms with Crippen LogP contribution in [0.5, 0.6) is 5.75 Å². The fourth-order valence-electron chi connectivity index (χ4n) is 3.85. The van der Waals surface area contributed by atoms with Crippen molar-refractivity contribution in [2.45, 2.75) is 13.3 Å². The topological polar surface area (TPSA) is 113 Å². The zero-order valence-corrected chi connectivity index (χ0v) is 16.3. The van der Waals surface area contributed by atoms with Crippen molar-refractivity contribution in [1.82, 2.24) is 4.98 Å². The zero-order chi connectivity index (χ0) is 21.0. The smallest absolute Gasteiger partial charge is 0.230 e. The second-order valence-corrected chi connectivity index (χ2v) is 7.74. The lowest BCUT2D eigenvalue weighted by Gasteiger charge is -2.12. The molecule has 1 saturated carbocycles. The van der Waals surface area contributed by atoms with Crippen LogP contribution in [0, 0.1) is 30.1 Å². The van der Waals surface area contributed by atoms with E-state index < -0.39 is 0 Å². The first-order valence-corrected chi connectivity index (χ1v) is 9.61. The Labute approximate surface area is 173 Å². The molecule has 2 aliphatic rings. The Balaban J connectivity index is 1.52. The molecule has 0 radical (unpaired) electrons. The van der Waals surface area contributed by atoms with E-state index in [1.165, 1.54) is 0 Å². The van der Waals surface area contributed by atoms with Crippen LogP contribution in [-0.2, 0) is 4.79 Å². The Kier molecular flexibility index (Phi) is 3.90. The Morgan fingerprint density at radius 2 is 2.20 bits per heavy atom. The van der Waals surface area contributed by atoms with E-state index in [4.69, 9.17) is 15.7 Å². The highest BCUT2D eigenvalue weighted by atomic mass is 16.5. The summed E-state index contributed by atoms with van der Waals surface area (Å²) in [6, 6.07) is 11.8. The monoisotopic (exact) mass is 397 g/mol. The number of anilines is 3. The first kappa shape index (κ1) is 18.0. The number of aryl methyl sites for hydroxylation is 1. The van der Waals surface area contributed by atoms with Crippen molar-refractivity contribution in [3.63, 3.8) is 0 Å². The molecular formula is C23H19N5O2. The number of benzene rings is 2. The first-order chi connectivity index (χ1) is 14.4. The number of aromatic nitrogens is 1. The van der Waals surface area contributed by atoms with Gasteiger partial charge in [0, 0.05) is 17.3 Å². The number of nitriles is 1. The highest BCUT2D eigenvalue weighted by Gasteiger charge is 2.43. The number of nitrogen functional groups attached to an aromatic ring is 1. The number of fused-ring (bicyclic) bond motifs is 2. The van der Waals surface area contributed by atoms with E-state index in [2.05, 4.69) is 28.3 Å². The van der Waals surface area contributed by atoms with Gasteiger partial charge in [0.05, 0.1) is 23.6 Å². The molecule has 2 aromatic carbocycles. The van der Waals surface area contributed by atoms with Crippen LogP contribution in [0.3, 0.4) is 0 Å². The van der Waals surface area contributed by atoms with Gasteiger partial charge < -0.3 is 21.1 Å². The SMILES string of the molecule is C=C1Nc2cc(C)c(-c3cc(N)c4cnc(NC(=O)[C@@H]5C[C@H]5C#N)cc4c3)cc2O1. The molecule has 0 saturated heterocycles. The van der Waals surface area contributed by atoms with Gasteiger partial charge in [-0.3, -0.25) is 4.79 Å². The number of rotatable bonds is 3. The molecule has 30 heavy (non-hydrogen) atoms. The number of hydrogen-bond acceptors (Lipinski definition) is 6. The maximum atomic E-state index is 12.3. The minimum Gasteiger partial charge on any atom is -0.439 e. The van der Waals surface area contributed by atoms with Crippen molar-refractivity contribution in [2.24, 2.45) is 11.8 Å². The maximum Gasteiger partial charge on any atom is 0.230 e. The van der Waals surface area contributed by atoms with E-state index in [0.717, 1.165) is 38.9 Å². The van der Waals surface area contributed by atoms with E-state index in [1.54, 1.807) is 12.3 Å². The van der Waals surface area contributed by atoms with E-state index in [9.17, 15) is 4.79 Å². The number of nitrogens with one attached hydrogen (secondary N) is 2. The molecule has 1 fully saturated rings. The summed E-state index contributed by atoms with van der Waals surface area (Å²) in [6.45, 7) is 5.83. The van der Waals surface area contributed by atoms with Crippen molar-refractivity contribution in [3.8, 4) is 22.9 Å². The highest BCUT2D eigenvalue weighted by Crippen LogP contribution is 2.41. The number of nitrogens with zero attached hydrogens (tertiary/aromatic N) is 2. The molecule has 0 unspecified atom stereocenters. The molecular weight excluding hydrogens is 378 g/mol. The van der Waals surface area contributed by atoms with Gasteiger partial charge >= 0.3 is 0 Å². The van der Waals surface area contributed by atoms with Crippen LogP contribution in [0.2, 0.25) is 0 Å². The number of amides is 1. The Hall–Kier alpha value is -4.05. The second kappa shape index (κ2) is 6.49. The van der Waals surface area contributed by atoms with Gasteiger partial charge in [0.15, 0.2) is 11.6 Å². The molecule has 7 nitrogen and oxygen atoms in total. The molecule has 1 amide bonds. The van der Waals surface area contributed by atoms with Crippen molar-refractivity contribution < 1.29 is 9.53 Å². The maximum absolute atomic E-state index is 12.3. The van der Waals surface area contributed by atoms with E-state index in [1.807, 2.05) is 31.2 Å². The van der Waals surface area contributed by atoms with Crippen LogP contribution in [0.25, 0.3) is 21.9 Å². The van der Waals surface area contributed by atoms with E-state index >= 15 is 0 Å². The summed E-state index contributed by atoms with van der Waals surface area (Å²) in [5.74, 6) is 1.06. The molecule has 5 rings (SSSR count). The third kappa shape index (κ3) is 2.99. The largest absolute Gasteiger partial charge is 0.439 e. The van der Waals surface area contributed by atoms with Gasteiger partial charge in [0.25, 0.3) is 0 Å². The molecule has 2 heterocycles. The molecule has 1 aromatic heterocycles. The average molecular weight is 397 g/mol. The predicted octanol–water partition coefficient (Wildman–Crippen LogP) is 4.17. The van der Waals surface area contributed by atoms with Crippen molar-refractivity contribution >= 4 is 33.9 Å². The number of ether oxygens (including phenoxy) is 1. The average Bonchev–Trinajstić information content (AvgIpc) is 3.41. The van der Waals surface area contributed by atoms with Crippen molar-refractivity contribution in [3.05, 3.63) is 54.6 Å². The third-order valence-corrected chi connectivity index (χ3v) is 5.56. The number of pyridine rings is 1. The van der Waals surface area contributed by atoms with Gasteiger partial charge in [-0.15, -0.1) is 0 Å². The minimum absolute atomic E-state index is 0.170. The number of carbonyl (C=O) groups excluding carboxylic acids is 1. The van der Waals surface area contributed by atoms with Gasteiger partial charge in [-0.2, -0.15) is 5.26 Å². The summed E-state index contributed by atoms with van der Waals surface area (Å²) >= 11 is 0. The highest BCUT2D eigenvalue weighted by molar-refractivity contribution is 6.00.